The minimum absolute atomic E-state index is 0.0335. The highest BCUT2D eigenvalue weighted by Gasteiger charge is 2.08. The molecule has 1 unspecified atom stereocenters. The van der Waals surface area contributed by atoms with E-state index in [0.29, 0.717) is 0 Å². The number of nitrogens with zero attached hydrogens (tertiary/aromatic N) is 1. The monoisotopic (exact) mass is 176 g/mol. The first-order chi connectivity index (χ1) is 6.11. The maximum Gasteiger partial charge on any atom is 0.0420 e. The minimum Gasteiger partial charge on any atom is -0.324 e. The van der Waals surface area contributed by atoms with Gasteiger partial charge >= 0.3 is 0 Å². The number of aromatic nitrogens is 1. The molecule has 2 nitrogen and oxygen atoms in total. The van der Waals surface area contributed by atoms with Gasteiger partial charge in [-0.25, -0.2) is 0 Å². The van der Waals surface area contributed by atoms with E-state index < -0.39 is 0 Å². The number of hydrogen-bond donors (Lipinski definition) is 1. The lowest BCUT2D eigenvalue weighted by molar-refractivity contribution is 0.706. The van der Waals surface area contributed by atoms with Crippen LogP contribution in [0.4, 0.5) is 0 Å². The Morgan fingerprint density at radius 1 is 1.69 bits per heavy atom. The van der Waals surface area contributed by atoms with E-state index >= 15 is 0 Å². The maximum absolute atomic E-state index is 6.00. The van der Waals surface area contributed by atoms with Gasteiger partial charge in [-0.15, -0.1) is 6.58 Å². The lowest BCUT2D eigenvalue weighted by Crippen LogP contribution is -2.12. The molecular weight excluding hydrogens is 160 g/mol. The third-order valence-electron chi connectivity index (χ3n) is 2.02. The Morgan fingerprint density at radius 3 is 2.92 bits per heavy atom. The van der Waals surface area contributed by atoms with Crippen LogP contribution in [0.2, 0.25) is 0 Å². The average Bonchev–Trinajstić information content (AvgIpc) is 2.03. The number of hydrogen-bond acceptors (Lipinski definition) is 2. The Kier molecular flexibility index (Phi) is 3.20. The van der Waals surface area contributed by atoms with E-state index in [9.17, 15) is 0 Å². The fourth-order valence-corrected chi connectivity index (χ4v) is 1.37. The zero-order chi connectivity index (χ0) is 9.84. The Labute approximate surface area is 79.5 Å². The molecule has 0 saturated heterocycles. The molecule has 2 N–H and O–H groups in total. The fraction of sp³-hybridized carbons (Fsp3) is 0.364. The molecule has 0 aromatic carbocycles. The fourth-order valence-electron chi connectivity index (χ4n) is 1.37. The molecule has 0 aliphatic rings. The van der Waals surface area contributed by atoms with Gasteiger partial charge in [-0.05, 0) is 31.9 Å². The second kappa shape index (κ2) is 4.19. The predicted molar refractivity (Wildman–Crippen MR) is 55.3 cm³/mol. The van der Waals surface area contributed by atoms with Crippen LogP contribution in [0.15, 0.2) is 30.5 Å². The number of nitrogens with two attached hydrogens (primary N) is 1. The van der Waals surface area contributed by atoms with Crippen LogP contribution in [0.25, 0.3) is 0 Å². The van der Waals surface area contributed by atoms with Crippen LogP contribution in [0.3, 0.4) is 0 Å². The van der Waals surface area contributed by atoms with Gasteiger partial charge in [0.1, 0.15) is 0 Å². The SMILES string of the molecule is C=C(C)CC(N)c1cccnc1C. The summed E-state index contributed by atoms with van der Waals surface area (Å²) in [7, 11) is 0. The van der Waals surface area contributed by atoms with Crippen molar-refractivity contribution in [2.45, 2.75) is 26.3 Å². The standard InChI is InChI=1S/C11H16N2/c1-8(2)7-11(12)10-5-4-6-13-9(10)3/h4-6,11H,1,7,12H2,2-3H3. The van der Waals surface area contributed by atoms with Crippen LogP contribution in [-0.2, 0) is 0 Å². The van der Waals surface area contributed by atoms with Crippen LogP contribution < -0.4 is 5.73 Å². The van der Waals surface area contributed by atoms with Crippen LogP contribution in [-0.4, -0.2) is 4.98 Å². The molecule has 13 heavy (non-hydrogen) atoms. The van der Waals surface area contributed by atoms with Gasteiger partial charge in [0.05, 0.1) is 0 Å². The van der Waals surface area contributed by atoms with Crippen LogP contribution in [0, 0.1) is 6.92 Å². The van der Waals surface area contributed by atoms with Gasteiger partial charge in [-0.3, -0.25) is 4.98 Å². The first-order valence-electron chi connectivity index (χ1n) is 4.42. The molecule has 1 atom stereocenters. The van der Waals surface area contributed by atoms with Gasteiger partial charge in [0, 0.05) is 17.9 Å². The van der Waals surface area contributed by atoms with Crippen LogP contribution in [0.5, 0.6) is 0 Å². The molecule has 1 heterocycles. The highest BCUT2D eigenvalue weighted by Crippen LogP contribution is 2.19. The summed E-state index contributed by atoms with van der Waals surface area (Å²) in [6.45, 7) is 7.82. The van der Waals surface area contributed by atoms with E-state index in [-0.39, 0.29) is 6.04 Å². The van der Waals surface area contributed by atoms with Gasteiger partial charge in [0.25, 0.3) is 0 Å². The van der Waals surface area contributed by atoms with Gasteiger partial charge < -0.3 is 5.73 Å². The zero-order valence-electron chi connectivity index (χ0n) is 8.25. The number of rotatable bonds is 3. The van der Waals surface area contributed by atoms with Crippen molar-refractivity contribution in [3.05, 3.63) is 41.7 Å². The molecule has 1 aromatic heterocycles. The van der Waals surface area contributed by atoms with Crippen molar-refractivity contribution in [1.29, 1.82) is 0 Å². The van der Waals surface area contributed by atoms with Gasteiger partial charge in [-0.1, -0.05) is 11.6 Å². The normalized spacial score (nSPS) is 12.5. The van der Waals surface area contributed by atoms with Crippen molar-refractivity contribution < 1.29 is 0 Å². The second-order valence-electron chi connectivity index (χ2n) is 3.45. The Morgan fingerprint density at radius 2 is 2.38 bits per heavy atom. The van der Waals surface area contributed by atoms with Gasteiger partial charge in [0.2, 0.25) is 0 Å². The van der Waals surface area contributed by atoms with E-state index in [4.69, 9.17) is 5.73 Å². The van der Waals surface area contributed by atoms with Crippen molar-refractivity contribution in [2.75, 3.05) is 0 Å². The lowest BCUT2D eigenvalue weighted by atomic mass is 10.0. The van der Waals surface area contributed by atoms with Crippen LogP contribution in [0.1, 0.15) is 30.6 Å². The van der Waals surface area contributed by atoms with Gasteiger partial charge in [0.15, 0.2) is 0 Å². The molecule has 0 radical (unpaired) electrons. The summed E-state index contributed by atoms with van der Waals surface area (Å²) in [5.74, 6) is 0. The van der Waals surface area contributed by atoms with E-state index in [1.54, 1.807) is 6.20 Å². The van der Waals surface area contributed by atoms with Gasteiger partial charge in [-0.2, -0.15) is 0 Å². The third-order valence-corrected chi connectivity index (χ3v) is 2.02. The molecule has 1 aromatic rings. The molecule has 0 bridgehead atoms. The second-order valence-corrected chi connectivity index (χ2v) is 3.45. The first-order valence-corrected chi connectivity index (χ1v) is 4.42. The molecular formula is C11H16N2. The average molecular weight is 176 g/mol. The van der Waals surface area contributed by atoms with Crippen LogP contribution >= 0.6 is 0 Å². The minimum atomic E-state index is 0.0335. The highest BCUT2D eigenvalue weighted by molar-refractivity contribution is 5.23. The Hall–Kier alpha value is -1.15. The van der Waals surface area contributed by atoms with E-state index in [1.165, 1.54) is 0 Å². The van der Waals surface area contributed by atoms with Crippen molar-refractivity contribution in [3.63, 3.8) is 0 Å². The molecule has 1 rings (SSSR count). The van der Waals surface area contributed by atoms with E-state index in [2.05, 4.69) is 11.6 Å². The molecule has 2 heteroatoms. The van der Waals surface area contributed by atoms with Crippen molar-refractivity contribution >= 4 is 0 Å². The molecule has 70 valence electrons. The summed E-state index contributed by atoms with van der Waals surface area (Å²) in [5, 5.41) is 0. The summed E-state index contributed by atoms with van der Waals surface area (Å²) in [6.07, 6.45) is 2.61. The Bertz CT molecular complexity index is 305. The third kappa shape index (κ3) is 2.67. The largest absolute Gasteiger partial charge is 0.324 e. The topological polar surface area (TPSA) is 38.9 Å². The lowest BCUT2D eigenvalue weighted by Gasteiger charge is -2.13. The molecule has 0 amide bonds. The summed E-state index contributed by atoms with van der Waals surface area (Å²) in [5.41, 5.74) is 9.23. The van der Waals surface area contributed by atoms with Crippen molar-refractivity contribution in [2.24, 2.45) is 5.73 Å². The predicted octanol–water partition coefficient (Wildman–Crippen LogP) is 2.36. The molecule has 0 aliphatic heterocycles. The summed E-state index contributed by atoms with van der Waals surface area (Å²) in [4.78, 5) is 4.20. The summed E-state index contributed by atoms with van der Waals surface area (Å²) < 4.78 is 0. The highest BCUT2D eigenvalue weighted by atomic mass is 14.7. The maximum atomic E-state index is 6.00. The zero-order valence-corrected chi connectivity index (χ0v) is 8.25. The summed E-state index contributed by atoms with van der Waals surface area (Å²) >= 11 is 0. The molecule has 0 fully saturated rings. The quantitative estimate of drug-likeness (QED) is 0.718. The summed E-state index contributed by atoms with van der Waals surface area (Å²) in [6, 6.07) is 3.97. The smallest absolute Gasteiger partial charge is 0.0420 e. The first kappa shape index (κ1) is 9.93. The van der Waals surface area contributed by atoms with Crippen molar-refractivity contribution in [1.82, 2.24) is 4.98 Å². The molecule has 0 spiro atoms. The number of aryl methyl sites for hydroxylation is 1. The Balaban J connectivity index is 2.82. The van der Waals surface area contributed by atoms with Crippen molar-refractivity contribution in [3.8, 4) is 0 Å². The number of pyridine rings is 1. The molecule has 0 saturated carbocycles. The van der Waals surface area contributed by atoms with E-state index in [1.807, 2.05) is 26.0 Å². The molecule has 0 aliphatic carbocycles. The van der Waals surface area contributed by atoms with E-state index in [0.717, 1.165) is 23.3 Å².